The monoisotopic (exact) mass is 531 g/mol. The van der Waals surface area contributed by atoms with Gasteiger partial charge in [0.05, 0.1) is 17.9 Å². The molecule has 1 spiro atoms. The molecule has 38 heavy (non-hydrogen) atoms. The van der Waals surface area contributed by atoms with Crippen LogP contribution in [0.5, 0.6) is 0 Å². The topological polar surface area (TPSA) is 88.0 Å². The molecule has 1 aromatic carbocycles. The van der Waals surface area contributed by atoms with E-state index in [9.17, 15) is 9.59 Å². The van der Waals surface area contributed by atoms with Gasteiger partial charge in [0.25, 0.3) is 5.56 Å². The van der Waals surface area contributed by atoms with Crippen molar-refractivity contribution in [3.63, 3.8) is 0 Å². The van der Waals surface area contributed by atoms with E-state index in [0.717, 1.165) is 47.8 Å². The molecule has 200 valence electrons. The standard InChI is InChI=1S/C30H37N5O2S/c1-17-8-18(2)10-19(9-17)13-32-26-28(37)35-22(12-30(6-7-30)25(35)24(34-26)29(3,4)5)27(36)33-15-21-11-20-14-31-16-23(20)38-21/h8-11,22,31H,6-7,12-16H2,1-5H3,(H,32,34)(H,33,36)/t22-/m0/s1. The molecule has 2 aliphatic heterocycles. The van der Waals surface area contributed by atoms with Gasteiger partial charge in [0.15, 0.2) is 5.82 Å². The SMILES string of the molecule is Cc1cc(C)cc(CNc2nc(C(C)(C)C)c3n(c2=O)[C@H](C(=O)NCc2cc4c(s2)CNC4)CC32CC2)c1. The Balaban J connectivity index is 1.32. The number of benzene rings is 1. The Hall–Kier alpha value is -2.97. The Morgan fingerprint density at radius 3 is 2.53 bits per heavy atom. The fourth-order valence-electron chi connectivity index (χ4n) is 6.22. The van der Waals surface area contributed by atoms with Crippen molar-refractivity contribution in [2.75, 3.05) is 5.32 Å². The van der Waals surface area contributed by atoms with Crippen LogP contribution in [0.15, 0.2) is 29.1 Å². The summed E-state index contributed by atoms with van der Waals surface area (Å²) in [5, 5.41) is 9.85. The van der Waals surface area contributed by atoms with Gasteiger partial charge in [0.2, 0.25) is 5.91 Å². The van der Waals surface area contributed by atoms with Gasteiger partial charge in [-0.15, -0.1) is 11.3 Å². The van der Waals surface area contributed by atoms with Crippen molar-refractivity contribution in [3.8, 4) is 0 Å². The number of aromatic nitrogens is 2. The number of nitrogens with one attached hydrogen (secondary N) is 3. The summed E-state index contributed by atoms with van der Waals surface area (Å²) in [6.45, 7) is 13.4. The van der Waals surface area contributed by atoms with E-state index in [4.69, 9.17) is 4.98 Å². The zero-order valence-corrected chi connectivity index (χ0v) is 23.8. The van der Waals surface area contributed by atoms with E-state index in [1.807, 2.05) is 0 Å². The summed E-state index contributed by atoms with van der Waals surface area (Å²) in [7, 11) is 0. The summed E-state index contributed by atoms with van der Waals surface area (Å²) in [6, 6.07) is 8.07. The van der Waals surface area contributed by atoms with E-state index in [0.29, 0.717) is 25.3 Å². The molecule has 2 aromatic heterocycles. The molecule has 1 aliphatic carbocycles. The maximum atomic E-state index is 13.9. The lowest BCUT2D eigenvalue weighted by atomic mass is 9.85. The Morgan fingerprint density at radius 2 is 1.87 bits per heavy atom. The van der Waals surface area contributed by atoms with E-state index in [-0.39, 0.29) is 22.3 Å². The first-order valence-electron chi connectivity index (χ1n) is 13.6. The van der Waals surface area contributed by atoms with Crippen molar-refractivity contribution >= 4 is 23.1 Å². The van der Waals surface area contributed by atoms with Gasteiger partial charge < -0.3 is 16.0 Å². The number of nitrogens with zero attached hydrogens (tertiary/aromatic N) is 2. The zero-order valence-electron chi connectivity index (χ0n) is 23.0. The molecule has 1 fully saturated rings. The van der Waals surface area contributed by atoms with Gasteiger partial charge in [-0.2, -0.15) is 0 Å². The Labute approximate surface area is 228 Å². The second kappa shape index (κ2) is 9.06. The van der Waals surface area contributed by atoms with Crippen molar-refractivity contribution in [1.29, 1.82) is 0 Å². The Morgan fingerprint density at radius 1 is 1.13 bits per heavy atom. The Kier molecular flexibility index (Phi) is 6.03. The van der Waals surface area contributed by atoms with Crippen LogP contribution in [0.3, 0.4) is 0 Å². The van der Waals surface area contributed by atoms with E-state index in [1.165, 1.54) is 21.6 Å². The van der Waals surface area contributed by atoms with Crippen LogP contribution in [0.2, 0.25) is 0 Å². The van der Waals surface area contributed by atoms with Crippen molar-refractivity contribution in [2.24, 2.45) is 0 Å². The minimum absolute atomic E-state index is 0.0740. The molecule has 3 N–H and O–H groups in total. The van der Waals surface area contributed by atoms with Gasteiger partial charge in [-0.3, -0.25) is 14.2 Å². The highest BCUT2D eigenvalue weighted by Gasteiger charge is 2.57. The normalized spacial score (nSPS) is 18.9. The number of rotatable bonds is 6. The first-order chi connectivity index (χ1) is 18.0. The number of thiophene rings is 1. The van der Waals surface area contributed by atoms with Crippen LogP contribution in [0, 0.1) is 13.8 Å². The maximum absolute atomic E-state index is 13.9. The fraction of sp³-hybridized carbons (Fsp3) is 0.500. The number of fused-ring (bicyclic) bond motifs is 3. The van der Waals surface area contributed by atoms with E-state index >= 15 is 0 Å². The van der Waals surface area contributed by atoms with Crippen LogP contribution in [-0.4, -0.2) is 15.5 Å². The minimum atomic E-state index is -0.515. The second-order valence-electron chi connectivity index (χ2n) is 12.4. The lowest BCUT2D eigenvalue weighted by Gasteiger charge is -2.25. The summed E-state index contributed by atoms with van der Waals surface area (Å²) >= 11 is 1.76. The predicted molar refractivity (Wildman–Crippen MR) is 152 cm³/mol. The second-order valence-corrected chi connectivity index (χ2v) is 13.6. The van der Waals surface area contributed by atoms with E-state index in [1.54, 1.807) is 15.9 Å². The number of aryl methyl sites for hydroxylation is 2. The van der Waals surface area contributed by atoms with Crippen molar-refractivity contribution in [3.05, 3.63) is 78.0 Å². The average Bonchev–Trinajstić information content (AvgIpc) is 3.14. The van der Waals surface area contributed by atoms with Crippen molar-refractivity contribution < 1.29 is 4.79 Å². The number of hydrogen-bond acceptors (Lipinski definition) is 6. The molecule has 0 radical (unpaired) electrons. The van der Waals surface area contributed by atoms with Gasteiger partial charge >= 0.3 is 0 Å². The van der Waals surface area contributed by atoms with Gasteiger partial charge in [-0.05, 0) is 50.3 Å². The molecule has 1 amide bonds. The predicted octanol–water partition coefficient (Wildman–Crippen LogP) is 4.73. The van der Waals surface area contributed by atoms with Gasteiger partial charge in [-0.1, -0.05) is 50.1 Å². The quantitative estimate of drug-likeness (QED) is 0.428. The molecule has 4 heterocycles. The molecule has 1 atom stereocenters. The van der Waals surface area contributed by atoms with E-state index in [2.05, 4.69) is 74.8 Å². The molecule has 0 saturated heterocycles. The smallest absolute Gasteiger partial charge is 0.294 e. The number of amides is 1. The molecular formula is C30H37N5O2S. The average molecular weight is 532 g/mol. The summed E-state index contributed by atoms with van der Waals surface area (Å²) in [6.07, 6.45) is 2.67. The fourth-order valence-corrected chi connectivity index (χ4v) is 7.32. The molecule has 6 rings (SSSR count). The molecule has 3 aliphatic rings. The highest BCUT2D eigenvalue weighted by Crippen LogP contribution is 2.59. The number of hydrogen-bond donors (Lipinski definition) is 3. The lowest BCUT2D eigenvalue weighted by Crippen LogP contribution is -2.38. The third kappa shape index (κ3) is 4.47. The third-order valence-corrected chi connectivity index (χ3v) is 9.28. The van der Waals surface area contributed by atoms with Crippen molar-refractivity contribution in [1.82, 2.24) is 20.2 Å². The third-order valence-electron chi connectivity index (χ3n) is 8.10. The van der Waals surface area contributed by atoms with Crippen molar-refractivity contribution in [2.45, 2.75) is 96.9 Å². The van der Waals surface area contributed by atoms with E-state index < -0.39 is 6.04 Å². The summed E-state index contributed by atoms with van der Waals surface area (Å²) in [5.74, 6) is 0.255. The van der Waals surface area contributed by atoms with Crippen LogP contribution >= 0.6 is 11.3 Å². The van der Waals surface area contributed by atoms with Gasteiger partial charge in [0.1, 0.15) is 6.04 Å². The molecule has 7 nitrogen and oxygen atoms in total. The first kappa shape index (κ1) is 25.3. The highest BCUT2D eigenvalue weighted by molar-refractivity contribution is 7.12. The summed E-state index contributed by atoms with van der Waals surface area (Å²) < 4.78 is 1.79. The molecule has 1 saturated carbocycles. The lowest BCUT2D eigenvalue weighted by molar-refractivity contribution is -0.124. The first-order valence-corrected chi connectivity index (χ1v) is 14.4. The van der Waals surface area contributed by atoms with Gasteiger partial charge in [-0.25, -0.2) is 4.98 Å². The highest BCUT2D eigenvalue weighted by atomic mass is 32.1. The number of carbonyl (C=O) groups is 1. The van der Waals surface area contributed by atoms with Crippen LogP contribution < -0.4 is 21.5 Å². The molecular weight excluding hydrogens is 494 g/mol. The molecule has 0 unspecified atom stereocenters. The molecule has 8 heteroatoms. The maximum Gasteiger partial charge on any atom is 0.294 e. The number of anilines is 1. The van der Waals surface area contributed by atoms with Crippen LogP contribution in [0.25, 0.3) is 0 Å². The largest absolute Gasteiger partial charge is 0.361 e. The molecule has 3 aromatic rings. The minimum Gasteiger partial charge on any atom is -0.361 e. The summed E-state index contributed by atoms with van der Waals surface area (Å²) in [5.41, 5.74) is 6.17. The van der Waals surface area contributed by atoms with Crippen LogP contribution in [0.1, 0.15) is 89.5 Å². The molecule has 0 bridgehead atoms. The number of carbonyl (C=O) groups excluding carboxylic acids is 1. The zero-order chi connectivity index (χ0) is 26.8. The summed E-state index contributed by atoms with van der Waals surface area (Å²) in [4.78, 5) is 35.0. The van der Waals surface area contributed by atoms with Crippen LogP contribution in [-0.2, 0) is 41.8 Å². The van der Waals surface area contributed by atoms with Crippen LogP contribution in [0.4, 0.5) is 5.82 Å². The van der Waals surface area contributed by atoms with Gasteiger partial charge in [0, 0.05) is 40.2 Å². The Bertz CT molecular complexity index is 1450.